The van der Waals surface area contributed by atoms with Crippen LogP contribution in [0, 0.1) is 0 Å². The minimum Gasteiger partial charge on any atom is -0.494 e. The summed E-state index contributed by atoms with van der Waals surface area (Å²) in [6.07, 6.45) is 2.30. The molecule has 1 saturated heterocycles. The number of para-hydroxylation sites is 1. The molecule has 0 atom stereocenters. The molecule has 0 radical (unpaired) electrons. The van der Waals surface area contributed by atoms with Gasteiger partial charge in [0.25, 0.3) is 0 Å². The van der Waals surface area contributed by atoms with Crippen molar-refractivity contribution in [3.05, 3.63) is 53.6 Å². The zero-order chi connectivity index (χ0) is 21.5. The van der Waals surface area contributed by atoms with Crippen molar-refractivity contribution in [1.29, 1.82) is 0 Å². The third-order valence-corrected chi connectivity index (χ3v) is 6.52. The molecule has 0 bridgehead atoms. The van der Waals surface area contributed by atoms with E-state index in [2.05, 4.69) is 21.6 Å². The van der Waals surface area contributed by atoms with Gasteiger partial charge in [-0.15, -0.1) is 0 Å². The summed E-state index contributed by atoms with van der Waals surface area (Å²) in [5.74, 6) is 3.20. The number of ether oxygens (including phenoxy) is 1. The van der Waals surface area contributed by atoms with Gasteiger partial charge >= 0.3 is 0 Å². The molecular formula is C24H29N3O3S. The monoisotopic (exact) mass is 439 g/mol. The van der Waals surface area contributed by atoms with E-state index in [1.54, 1.807) is 0 Å². The van der Waals surface area contributed by atoms with Gasteiger partial charge in [-0.05, 0) is 48.2 Å². The van der Waals surface area contributed by atoms with Crippen LogP contribution in [-0.2, 0) is 22.6 Å². The molecule has 1 fully saturated rings. The first-order chi connectivity index (χ1) is 15.2. The van der Waals surface area contributed by atoms with Crippen LogP contribution in [0.2, 0.25) is 0 Å². The minimum atomic E-state index is 0.0124. The van der Waals surface area contributed by atoms with Crippen molar-refractivity contribution < 1.29 is 14.3 Å². The minimum absolute atomic E-state index is 0.0124. The second-order valence-electron chi connectivity index (χ2n) is 7.91. The number of benzene rings is 2. The van der Waals surface area contributed by atoms with Crippen LogP contribution in [0.15, 0.2) is 42.5 Å². The number of hydrogen-bond donors (Lipinski definition) is 2. The third kappa shape index (κ3) is 6.24. The van der Waals surface area contributed by atoms with Crippen LogP contribution in [0.25, 0.3) is 0 Å². The Morgan fingerprint density at radius 1 is 1.13 bits per heavy atom. The van der Waals surface area contributed by atoms with E-state index < -0.39 is 0 Å². The number of carbonyl (C=O) groups is 2. The fraction of sp³-hybridized carbons (Fsp3) is 0.417. The van der Waals surface area contributed by atoms with E-state index in [1.807, 2.05) is 48.2 Å². The molecule has 0 aromatic heterocycles. The fourth-order valence-electron chi connectivity index (χ4n) is 3.87. The molecule has 2 aliphatic heterocycles. The van der Waals surface area contributed by atoms with Gasteiger partial charge in [0.15, 0.2) is 0 Å². The van der Waals surface area contributed by atoms with Gasteiger partial charge in [-0.2, -0.15) is 11.8 Å². The van der Waals surface area contributed by atoms with E-state index in [-0.39, 0.29) is 11.8 Å². The van der Waals surface area contributed by atoms with Crippen LogP contribution in [0.1, 0.15) is 30.4 Å². The Morgan fingerprint density at radius 3 is 2.84 bits per heavy atom. The summed E-state index contributed by atoms with van der Waals surface area (Å²) in [4.78, 5) is 26.4. The van der Waals surface area contributed by atoms with E-state index >= 15 is 0 Å². The number of amides is 2. The predicted molar refractivity (Wildman–Crippen MR) is 126 cm³/mol. The third-order valence-electron chi connectivity index (χ3n) is 5.58. The molecule has 2 amide bonds. The van der Waals surface area contributed by atoms with Crippen molar-refractivity contribution in [2.45, 2.75) is 32.2 Å². The largest absolute Gasteiger partial charge is 0.494 e. The maximum absolute atomic E-state index is 12.5. The van der Waals surface area contributed by atoms with E-state index in [4.69, 9.17) is 4.74 Å². The summed E-state index contributed by atoms with van der Waals surface area (Å²) in [5.41, 5.74) is 4.03. The van der Waals surface area contributed by atoms with Gasteiger partial charge in [0.2, 0.25) is 11.8 Å². The Labute approximate surface area is 187 Å². The number of anilines is 2. The van der Waals surface area contributed by atoms with Gasteiger partial charge in [0.05, 0.1) is 6.61 Å². The molecule has 4 rings (SSSR count). The van der Waals surface area contributed by atoms with Gasteiger partial charge in [-0.3, -0.25) is 14.5 Å². The molecule has 2 aromatic carbocycles. The van der Waals surface area contributed by atoms with Crippen LogP contribution in [0.5, 0.6) is 5.75 Å². The van der Waals surface area contributed by atoms with Crippen molar-refractivity contribution in [1.82, 2.24) is 4.90 Å². The first-order valence-electron chi connectivity index (χ1n) is 10.9. The highest BCUT2D eigenvalue weighted by Crippen LogP contribution is 2.27. The zero-order valence-electron chi connectivity index (χ0n) is 17.7. The Morgan fingerprint density at radius 2 is 1.97 bits per heavy atom. The molecule has 2 aromatic rings. The first kappa shape index (κ1) is 21.7. The molecule has 0 unspecified atom stereocenters. The summed E-state index contributed by atoms with van der Waals surface area (Å²) in [6.45, 7) is 3.54. The number of carbonyl (C=O) groups excluding carboxylic acids is 2. The molecule has 2 aliphatic rings. The molecular weight excluding hydrogens is 410 g/mol. The van der Waals surface area contributed by atoms with E-state index in [1.165, 1.54) is 17.1 Å². The molecule has 6 nitrogen and oxygen atoms in total. The zero-order valence-corrected chi connectivity index (χ0v) is 18.5. The molecule has 0 spiro atoms. The highest BCUT2D eigenvalue weighted by atomic mass is 32.2. The maximum Gasteiger partial charge on any atom is 0.224 e. The average molecular weight is 440 g/mol. The highest BCUT2D eigenvalue weighted by molar-refractivity contribution is 7.99. The first-order valence-corrected chi connectivity index (χ1v) is 12.1. The molecule has 0 aliphatic carbocycles. The van der Waals surface area contributed by atoms with Gasteiger partial charge in [-0.25, -0.2) is 0 Å². The number of rotatable bonds is 8. The molecule has 0 saturated carbocycles. The van der Waals surface area contributed by atoms with Gasteiger partial charge < -0.3 is 15.4 Å². The van der Waals surface area contributed by atoms with Crippen LogP contribution >= 0.6 is 11.8 Å². The van der Waals surface area contributed by atoms with E-state index in [9.17, 15) is 9.59 Å². The quantitative estimate of drug-likeness (QED) is 0.610. The van der Waals surface area contributed by atoms with Crippen LogP contribution in [-0.4, -0.2) is 47.9 Å². The van der Waals surface area contributed by atoms with Crippen molar-refractivity contribution in [2.24, 2.45) is 0 Å². The number of aryl methyl sites for hydroxylation is 1. The van der Waals surface area contributed by atoms with Gasteiger partial charge in [-0.1, -0.05) is 18.2 Å². The highest BCUT2D eigenvalue weighted by Gasteiger charge is 2.16. The summed E-state index contributed by atoms with van der Waals surface area (Å²) < 4.78 is 5.82. The summed E-state index contributed by atoms with van der Waals surface area (Å²) >= 11 is 2.00. The Kier molecular flexibility index (Phi) is 7.48. The SMILES string of the molecule is O=C1CCc2cc(OCCCC(=O)Nc3ccccc3CN3CCSCC3)ccc2N1. The lowest BCUT2D eigenvalue weighted by Crippen LogP contribution is -2.32. The lowest BCUT2D eigenvalue weighted by molar-refractivity contribution is -0.117. The van der Waals surface area contributed by atoms with Gasteiger partial charge in [0, 0.05) is 55.4 Å². The van der Waals surface area contributed by atoms with Crippen LogP contribution in [0.3, 0.4) is 0 Å². The molecule has 7 heteroatoms. The number of nitrogens with one attached hydrogen (secondary N) is 2. The lowest BCUT2D eigenvalue weighted by atomic mass is 10.0. The molecule has 31 heavy (non-hydrogen) atoms. The Balaban J connectivity index is 1.22. The van der Waals surface area contributed by atoms with Crippen molar-refractivity contribution in [3.8, 4) is 5.75 Å². The standard InChI is InChI=1S/C24H29N3O3S/c28-23(25-21-5-2-1-4-19(21)17-27-11-14-31-15-12-27)6-3-13-30-20-8-9-22-18(16-20)7-10-24(29)26-22/h1-2,4-5,8-9,16H,3,6-7,10-15,17H2,(H,25,28)(H,26,29). The number of fused-ring (bicyclic) bond motifs is 1. The fourth-order valence-corrected chi connectivity index (χ4v) is 4.84. The molecule has 164 valence electrons. The van der Waals surface area contributed by atoms with Crippen molar-refractivity contribution in [2.75, 3.05) is 41.8 Å². The summed E-state index contributed by atoms with van der Waals surface area (Å²) in [5, 5.41) is 5.95. The second kappa shape index (κ2) is 10.7. The summed E-state index contributed by atoms with van der Waals surface area (Å²) in [7, 11) is 0. The van der Waals surface area contributed by atoms with Crippen LogP contribution < -0.4 is 15.4 Å². The maximum atomic E-state index is 12.5. The predicted octanol–water partition coefficient (Wildman–Crippen LogP) is 3.92. The second-order valence-corrected chi connectivity index (χ2v) is 9.14. The Bertz CT molecular complexity index is 928. The van der Waals surface area contributed by atoms with E-state index in [0.29, 0.717) is 25.9 Å². The topological polar surface area (TPSA) is 70.7 Å². The van der Waals surface area contributed by atoms with Gasteiger partial charge in [0.1, 0.15) is 5.75 Å². The number of thioether (sulfide) groups is 1. The van der Waals surface area contributed by atoms with Crippen molar-refractivity contribution >= 4 is 35.0 Å². The lowest BCUT2D eigenvalue weighted by Gasteiger charge is -2.27. The Hall–Kier alpha value is -2.51. The normalized spacial score (nSPS) is 16.3. The number of hydrogen-bond acceptors (Lipinski definition) is 5. The smallest absolute Gasteiger partial charge is 0.224 e. The molecule has 2 heterocycles. The molecule has 2 N–H and O–H groups in total. The average Bonchev–Trinajstić information content (AvgIpc) is 2.79. The number of nitrogens with zero attached hydrogens (tertiary/aromatic N) is 1. The summed E-state index contributed by atoms with van der Waals surface area (Å²) in [6, 6.07) is 13.8. The van der Waals surface area contributed by atoms with Crippen LogP contribution in [0.4, 0.5) is 11.4 Å². The van der Waals surface area contributed by atoms with Crippen molar-refractivity contribution in [3.63, 3.8) is 0 Å². The van der Waals surface area contributed by atoms with E-state index in [0.717, 1.165) is 48.7 Å².